The van der Waals surface area contributed by atoms with Gasteiger partial charge in [0, 0.05) is 26.3 Å². The normalized spacial score (nSPS) is 19.6. The van der Waals surface area contributed by atoms with Gasteiger partial charge in [-0.1, -0.05) is 54.6 Å². The average molecular weight is 396 g/mol. The number of benzene rings is 2. The molecule has 0 radical (unpaired) electrons. The Kier molecular flexibility index (Phi) is 6.29. The van der Waals surface area contributed by atoms with E-state index in [1.165, 1.54) is 11.8 Å². The van der Waals surface area contributed by atoms with Crippen molar-refractivity contribution in [3.05, 3.63) is 60.2 Å². The lowest BCUT2D eigenvalue weighted by molar-refractivity contribution is -0.143. The molecular formula is C22H24N2O5. The number of aliphatic hydroxyl groups excluding tert-OH is 1. The summed E-state index contributed by atoms with van der Waals surface area (Å²) in [6.45, 7) is 1.40. The van der Waals surface area contributed by atoms with Crippen LogP contribution in [-0.4, -0.2) is 57.6 Å². The van der Waals surface area contributed by atoms with Crippen LogP contribution in [0.15, 0.2) is 54.6 Å². The number of nitrogens with one attached hydrogen (secondary N) is 1. The maximum atomic E-state index is 12.6. The molecular weight excluding hydrogens is 372 g/mol. The summed E-state index contributed by atoms with van der Waals surface area (Å²) in [6, 6.07) is 15.3. The molecule has 3 N–H and O–H groups in total. The molecule has 0 saturated carbocycles. The van der Waals surface area contributed by atoms with Crippen LogP contribution in [0.5, 0.6) is 0 Å². The smallest absolute Gasteiger partial charge is 0.326 e. The van der Waals surface area contributed by atoms with Gasteiger partial charge >= 0.3 is 5.97 Å². The Hall–Kier alpha value is -3.19. The Bertz CT molecular complexity index is 882. The number of amides is 2. The van der Waals surface area contributed by atoms with E-state index in [4.69, 9.17) is 0 Å². The van der Waals surface area contributed by atoms with Gasteiger partial charge in [-0.25, -0.2) is 4.79 Å². The molecule has 7 heteroatoms. The number of hydrogen-bond acceptors (Lipinski definition) is 4. The molecule has 152 valence electrons. The molecule has 29 heavy (non-hydrogen) atoms. The summed E-state index contributed by atoms with van der Waals surface area (Å²) in [5, 5.41) is 21.8. The lowest BCUT2D eigenvalue weighted by atomic mass is 10.0. The van der Waals surface area contributed by atoms with Crippen LogP contribution in [0.2, 0.25) is 0 Å². The number of β-amino-alcohol motifs (C(OH)–C–C–N with tert-alkyl or cyclic N) is 1. The molecule has 3 rings (SSSR count). The third-order valence-electron chi connectivity index (χ3n) is 5.10. The lowest BCUT2D eigenvalue weighted by Crippen LogP contribution is -2.51. The van der Waals surface area contributed by atoms with E-state index in [0.29, 0.717) is 0 Å². The van der Waals surface area contributed by atoms with Gasteiger partial charge in [-0.2, -0.15) is 0 Å². The van der Waals surface area contributed by atoms with E-state index in [0.717, 1.165) is 16.7 Å². The van der Waals surface area contributed by atoms with Gasteiger partial charge in [0.15, 0.2) is 0 Å². The van der Waals surface area contributed by atoms with E-state index in [1.54, 1.807) is 0 Å². The summed E-state index contributed by atoms with van der Waals surface area (Å²) in [6.07, 6.45) is -0.571. The summed E-state index contributed by atoms with van der Waals surface area (Å²) in [7, 11) is 0. The van der Waals surface area contributed by atoms with Crippen molar-refractivity contribution in [3.63, 3.8) is 0 Å². The summed E-state index contributed by atoms with van der Waals surface area (Å²) < 4.78 is 0. The van der Waals surface area contributed by atoms with Crippen LogP contribution in [0, 0.1) is 0 Å². The summed E-state index contributed by atoms with van der Waals surface area (Å²) >= 11 is 0. The largest absolute Gasteiger partial charge is 0.480 e. The van der Waals surface area contributed by atoms with E-state index in [2.05, 4.69) is 5.32 Å². The molecule has 1 aliphatic rings. The zero-order chi connectivity index (χ0) is 21.0. The molecule has 3 atom stereocenters. The number of carbonyl (C=O) groups excluding carboxylic acids is 2. The molecule has 0 aliphatic carbocycles. The van der Waals surface area contributed by atoms with Gasteiger partial charge in [0.2, 0.25) is 11.8 Å². The summed E-state index contributed by atoms with van der Waals surface area (Å²) in [5.74, 6) is -2.05. The first-order chi connectivity index (χ1) is 13.8. The average Bonchev–Trinajstić information content (AvgIpc) is 3.11. The number of aliphatic carboxylic acids is 1. The molecule has 2 amide bonds. The number of carboxylic acid groups (broad SMARTS) is 1. The highest BCUT2D eigenvalue weighted by Gasteiger charge is 2.38. The maximum Gasteiger partial charge on any atom is 0.326 e. The van der Waals surface area contributed by atoms with Gasteiger partial charge in [0.1, 0.15) is 12.1 Å². The lowest BCUT2D eigenvalue weighted by Gasteiger charge is -2.24. The van der Waals surface area contributed by atoms with Gasteiger partial charge in [-0.3, -0.25) is 9.59 Å². The van der Waals surface area contributed by atoms with Crippen LogP contribution in [0.3, 0.4) is 0 Å². The fourth-order valence-corrected chi connectivity index (χ4v) is 3.58. The monoisotopic (exact) mass is 396 g/mol. The highest BCUT2D eigenvalue weighted by atomic mass is 16.4. The Morgan fingerprint density at radius 1 is 1.07 bits per heavy atom. The number of likely N-dealkylation sites (tertiary alicyclic amines) is 1. The topological polar surface area (TPSA) is 107 Å². The van der Waals surface area contributed by atoms with Crippen LogP contribution >= 0.6 is 0 Å². The van der Waals surface area contributed by atoms with Crippen LogP contribution in [-0.2, 0) is 20.8 Å². The molecule has 1 fully saturated rings. The number of carboxylic acids is 1. The Morgan fingerprint density at radius 2 is 1.69 bits per heavy atom. The van der Waals surface area contributed by atoms with Crippen molar-refractivity contribution in [1.82, 2.24) is 10.2 Å². The fourth-order valence-electron chi connectivity index (χ4n) is 3.58. The molecule has 2 aromatic rings. The molecule has 0 bridgehead atoms. The predicted molar refractivity (Wildman–Crippen MR) is 107 cm³/mol. The van der Waals surface area contributed by atoms with E-state index in [1.807, 2.05) is 54.6 Å². The molecule has 2 aromatic carbocycles. The molecule has 0 spiro atoms. The third-order valence-corrected chi connectivity index (χ3v) is 5.10. The maximum absolute atomic E-state index is 12.6. The third kappa shape index (κ3) is 5.00. The molecule has 1 heterocycles. The second-order valence-electron chi connectivity index (χ2n) is 7.24. The molecule has 0 aromatic heterocycles. The molecule has 1 saturated heterocycles. The number of aliphatic hydroxyl groups is 1. The molecule has 7 nitrogen and oxygen atoms in total. The minimum Gasteiger partial charge on any atom is -0.480 e. The van der Waals surface area contributed by atoms with Gasteiger partial charge in [-0.05, 0) is 16.7 Å². The Labute approximate surface area is 169 Å². The minimum absolute atomic E-state index is 0.0755. The summed E-state index contributed by atoms with van der Waals surface area (Å²) in [5.41, 5.74) is 2.85. The van der Waals surface area contributed by atoms with Crippen molar-refractivity contribution in [2.45, 2.75) is 38.0 Å². The molecule has 0 unspecified atom stereocenters. The van der Waals surface area contributed by atoms with Crippen molar-refractivity contribution < 1.29 is 24.6 Å². The zero-order valence-electron chi connectivity index (χ0n) is 16.1. The second-order valence-corrected chi connectivity index (χ2v) is 7.24. The van der Waals surface area contributed by atoms with Gasteiger partial charge < -0.3 is 20.4 Å². The van der Waals surface area contributed by atoms with E-state index >= 15 is 0 Å². The number of carbonyl (C=O) groups is 3. The Balaban J connectivity index is 1.68. The first-order valence-corrected chi connectivity index (χ1v) is 9.48. The number of rotatable bonds is 6. The first-order valence-electron chi connectivity index (χ1n) is 9.48. The number of nitrogens with zero attached hydrogens (tertiary/aromatic N) is 1. The van der Waals surface area contributed by atoms with Crippen LogP contribution in [0.1, 0.15) is 18.9 Å². The van der Waals surface area contributed by atoms with Gasteiger partial charge in [-0.15, -0.1) is 0 Å². The fraction of sp³-hybridized carbons (Fsp3) is 0.318. The SMILES string of the molecule is CC(=O)N1C[C@H](O)C[C@H]1C(=O)N[C@H](Cc1ccc(-c2ccccc2)cc1)C(=O)O. The van der Waals surface area contributed by atoms with Crippen molar-refractivity contribution >= 4 is 17.8 Å². The standard InChI is InChI=1S/C22H24N2O5/c1-14(25)24-13-18(26)12-20(24)21(27)23-19(22(28)29)11-15-7-9-17(10-8-15)16-5-3-2-4-6-16/h2-10,18-20,26H,11-13H2,1H3,(H,23,27)(H,28,29)/t18-,19-,20+/m1/s1. The Morgan fingerprint density at radius 3 is 2.28 bits per heavy atom. The quantitative estimate of drug-likeness (QED) is 0.685. The highest BCUT2D eigenvalue weighted by molar-refractivity contribution is 5.90. The van der Waals surface area contributed by atoms with Crippen LogP contribution < -0.4 is 5.32 Å². The van der Waals surface area contributed by atoms with Gasteiger partial charge in [0.05, 0.1) is 6.10 Å². The first kappa shape index (κ1) is 20.5. The van der Waals surface area contributed by atoms with Crippen molar-refractivity contribution in [2.24, 2.45) is 0 Å². The predicted octanol–water partition coefficient (Wildman–Crippen LogP) is 1.45. The van der Waals surface area contributed by atoms with E-state index < -0.39 is 30.1 Å². The molecule has 1 aliphatic heterocycles. The minimum atomic E-state index is -1.15. The van der Waals surface area contributed by atoms with Crippen molar-refractivity contribution in [1.29, 1.82) is 0 Å². The van der Waals surface area contributed by atoms with Crippen LogP contribution in [0.25, 0.3) is 11.1 Å². The highest BCUT2D eigenvalue weighted by Crippen LogP contribution is 2.21. The van der Waals surface area contributed by atoms with Crippen LogP contribution in [0.4, 0.5) is 0 Å². The zero-order valence-corrected chi connectivity index (χ0v) is 16.1. The summed E-state index contributed by atoms with van der Waals surface area (Å²) in [4.78, 5) is 37.2. The van der Waals surface area contributed by atoms with Crippen molar-refractivity contribution in [2.75, 3.05) is 6.54 Å². The number of hydrogen-bond donors (Lipinski definition) is 3. The van der Waals surface area contributed by atoms with Crippen molar-refractivity contribution in [3.8, 4) is 11.1 Å². The van der Waals surface area contributed by atoms with Gasteiger partial charge in [0.25, 0.3) is 0 Å². The van der Waals surface area contributed by atoms with E-state index in [-0.39, 0.29) is 25.3 Å². The second kappa shape index (κ2) is 8.87. The van der Waals surface area contributed by atoms with E-state index in [9.17, 15) is 24.6 Å².